The van der Waals surface area contributed by atoms with Crippen LogP contribution >= 0.6 is 11.6 Å². The Morgan fingerprint density at radius 1 is 1.22 bits per heavy atom. The first-order valence-electron chi connectivity index (χ1n) is 7.43. The molecule has 118 valence electrons. The van der Waals surface area contributed by atoms with E-state index in [9.17, 15) is 4.79 Å². The quantitative estimate of drug-likeness (QED) is 0.698. The van der Waals surface area contributed by atoms with Gasteiger partial charge in [-0.05, 0) is 42.0 Å². The van der Waals surface area contributed by atoms with E-state index in [-0.39, 0.29) is 5.41 Å². The molecule has 0 spiro atoms. The van der Waals surface area contributed by atoms with E-state index in [4.69, 9.17) is 11.6 Å². The first kappa shape index (κ1) is 15.6. The molecule has 4 nitrogen and oxygen atoms in total. The normalized spacial score (nSPS) is 11.6. The van der Waals surface area contributed by atoms with Crippen LogP contribution in [-0.2, 0) is 10.2 Å². The first-order valence-corrected chi connectivity index (χ1v) is 7.81. The van der Waals surface area contributed by atoms with Crippen LogP contribution in [0.4, 0.5) is 0 Å². The summed E-state index contributed by atoms with van der Waals surface area (Å²) in [5, 5.41) is 3.46. The summed E-state index contributed by atoms with van der Waals surface area (Å²) >= 11 is 5.93. The summed E-state index contributed by atoms with van der Waals surface area (Å²) in [6.07, 6.45) is 0.731. The Balaban J connectivity index is 1.97. The maximum Gasteiger partial charge on any atom is 0.207 e. The molecule has 0 bridgehead atoms. The molecule has 5 heteroatoms. The zero-order valence-electron chi connectivity index (χ0n) is 13.1. The van der Waals surface area contributed by atoms with Crippen LogP contribution in [0.15, 0.2) is 42.5 Å². The molecule has 0 aliphatic carbocycles. The number of hydrogen-bond donors (Lipinski definition) is 2. The number of carbonyl (C=O) groups excluding carboxylic acids is 1. The fraction of sp³-hybridized carbons (Fsp3) is 0.222. The highest BCUT2D eigenvalue weighted by atomic mass is 35.5. The van der Waals surface area contributed by atoms with E-state index in [1.165, 1.54) is 0 Å². The van der Waals surface area contributed by atoms with Gasteiger partial charge in [0.05, 0.1) is 11.0 Å². The molecule has 0 atom stereocenters. The highest BCUT2D eigenvalue weighted by Crippen LogP contribution is 2.27. The summed E-state index contributed by atoms with van der Waals surface area (Å²) in [4.78, 5) is 18.5. The molecule has 0 unspecified atom stereocenters. The molecule has 0 saturated heterocycles. The van der Waals surface area contributed by atoms with Gasteiger partial charge in [-0.2, -0.15) is 0 Å². The molecule has 0 radical (unpaired) electrons. The Morgan fingerprint density at radius 3 is 2.65 bits per heavy atom. The summed E-state index contributed by atoms with van der Waals surface area (Å²) in [6, 6.07) is 13.7. The van der Waals surface area contributed by atoms with E-state index in [2.05, 4.69) is 41.3 Å². The van der Waals surface area contributed by atoms with Gasteiger partial charge in [0.25, 0.3) is 0 Å². The van der Waals surface area contributed by atoms with Gasteiger partial charge in [0.1, 0.15) is 5.82 Å². The number of amides is 1. The Bertz CT molecular complexity index is 837. The zero-order valence-corrected chi connectivity index (χ0v) is 13.8. The van der Waals surface area contributed by atoms with Gasteiger partial charge in [0, 0.05) is 22.5 Å². The summed E-state index contributed by atoms with van der Waals surface area (Å²) < 4.78 is 0. The second-order valence-electron chi connectivity index (χ2n) is 6.21. The van der Waals surface area contributed by atoms with Gasteiger partial charge in [0.15, 0.2) is 0 Å². The van der Waals surface area contributed by atoms with Crippen molar-refractivity contribution in [3.05, 3.63) is 53.1 Å². The van der Waals surface area contributed by atoms with Crippen molar-refractivity contribution in [3.63, 3.8) is 0 Å². The van der Waals surface area contributed by atoms with Gasteiger partial charge in [-0.25, -0.2) is 4.98 Å². The molecular weight excluding hydrogens is 310 g/mol. The lowest BCUT2D eigenvalue weighted by Gasteiger charge is -2.24. The Hall–Kier alpha value is -2.33. The Kier molecular flexibility index (Phi) is 4.09. The SMILES string of the molecule is CC(C)(CNC=O)c1ccc2nc(-c3ccc(Cl)cc3)[nH]c2c1. The lowest BCUT2D eigenvalue weighted by molar-refractivity contribution is -0.109. The lowest BCUT2D eigenvalue weighted by Crippen LogP contribution is -2.32. The Morgan fingerprint density at radius 2 is 1.96 bits per heavy atom. The molecule has 1 aromatic heterocycles. The summed E-state index contributed by atoms with van der Waals surface area (Å²) in [6.45, 7) is 4.78. The topological polar surface area (TPSA) is 57.8 Å². The fourth-order valence-electron chi connectivity index (χ4n) is 2.57. The van der Waals surface area contributed by atoms with Gasteiger partial charge in [-0.1, -0.05) is 31.5 Å². The minimum absolute atomic E-state index is 0.152. The summed E-state index contributed by atoms with van der Waals surface area (Å²) in [5.41, 5.74) is 3.88. The Labute approximate surface area is 139 Å². The molecule has 23 heavy (non-hydrogen) atoms. The van der Waals surface area contributed by atoms with Gasteiger partial charge < -0.3 is 10.3 Å². The number of benzene rings is 2. The highest BCUT2D eigenvalue weighted by molar-refractivity contribution is 6.30. The molecule has 3 aromatic rings. The van der Waals surface area contributed by atoms with E-state index < -0.39 is 0 Å². The van der Waals surface area contributed by atoms with Crippen LogP contribution in [0.2, 0.25) is 5.02 Å². The van der Waals surface area contributed by atoms with E-state index >= 15 is 0 Å². The van der Waals surface area contributed by atoms with Crippen molar-refractivity contribution in [2.75, 3.05) is 6.54 Å². The molecule has 0 aliphatic heterocycles. The average Bonchev–Trinajstić information content (AvgIpc) is 2.96. The number of imidazole rings is 1. The van der Waals surface area contributed by atoms with Crippen LogP contribution in [0, 0.1) is 0 Å². The first-order chi connectivity index (χ1) is 11.0. The molecular formula is C18H18ClN3O. The van der Waals surface area contributed by atoms with E-state index in [1.807, 2.05) is 30.3 Å². The number of aromatic amines is 1. The van der Waals surface area contributed by atoms with Crippen molar-refractivity contribution in [3.8, 4) is 11.4 Å². The van der Waals surface area contributed by atoms with Crippen LogP contribution < -0.4 is 5.32 Å². The van der Waals surface area contributed by atoms with Crippen molar-refractivity contribution >= 4 is 29.0 Å². The average molecular weight is 328 g/mol. The maximum absolute atomic E-state index is 10.5. The number of hydrogen-bond acceptors (Lipinski definition) is 2. The molecule has 1 amide bonds. The molecule has 3 rings (SSSR count). The van der Waals surface area contributed by atoms with Gasteiger partial charge >= 0.3 is 0 Å². The third-order valence-corrected chi connectivity index (χ3v) is 4.26. The second-order valence-corrected chi connectivity index (χ2v) is 6.64. The van der Waals surface area contributed by atoms with Crippen molar-refractivity contribution < 1.29 is 4.79 Å². The number of nitrogens with one attached hydrogen (secondary N) is 2. The van der Waals surface area contributed by atoms with Gasteiger partial charge in [0.2, 0.25) is 6.41 Å². The summed E-state index contributed by atoms with van der Waals surface area (Å²) in [5.74, 6) is 0.817. The largest absolute Gasteiger partial charge is 0.358 e. The van der Waals surface area contributed by atoms with Gasteiger partial charge in [-0.3, -0.25) is 4.79 Å². The van der Waals surface area contributed by atoms with Gasteiger partial charge in [-0.15, -0.1) is 0 Å². The number of aromatic nitrogens is 2. The number of halogens is 1. The molecule has 0 saturated carbocycles. The van der Waals surface area contributed by atoms with E-state index in [0.717, 1.165) is 34.4 Å². The zero-order chi connectivity index (χ0) is 16.4. The molecule has 2 N–H and O–H groups in total. The number of fused-ring (bicyclic) bond motifs is 1. The monoisotopic (exact) mass is 327 g/mol. The van der Waals surface area contributed by atoms with Crippen LogP contribution in [0.1, 0.15) is 19.4 Å². The molecule has 1 heterocycles. The number of nitrogens with zero attached hydrogens (tertiary/aromatic N) is 1. The number of rotatable bonds is 5. The third-order valence-electron chi connectivity index (χ3n) is 4.01. The number of H-pyrrole nitrogens is 1. The smallest absolute Gasteiger partial charge is 0.207 e. The predicted molar refractivity (Wildman–Crippen MR) is 93.6 cm³/mol. The highest BCUT2D eigenvalue weighted by Gasteiger charge is 2.21. The molecule has 2 aromatic carbocycles. The molecule has 0 fully saturated rings. The maximum atomic E-state index is 10.5. The molecule has 0 aliphatic rings. The van der Waals surface area contributed by atoms with E-state index in [1.54, 1.807) is 0 Å². The van der Waals surface area contributed by atoms with Crippen molar-refractivity contribution in [1.82, 2.24) is 15.3 Å². The van der Waals surface area contributed by atoms with E-state index in [0.29, 0.717) is 11.6 Å². The minimum atomic E-state index is -0.152. The van der Waals surface area contributed by atoms with Crippen LogP contribution in [0.25, 0.3) is 22.4 Å². The number of carbonyl (C=O) groups is 1. The van der Waals surface area contributed by atoms with Crippen LogP contribution in [-0.4, -0.2) is 22.9 Å². The predicted octanol–water partition coefficient (Wildman–Crippen LogP) is 3.91. The fourth-order valence-corrected chi connectivity index (χ4v) is 2.70. The standard InChI is InChI=1S/C18H18ClN3O/c1-18(2,10-20-11-23)13-5-8-15-16(9-13)22-17(21-15)12-3-6-14(19)7-4-12/h3-9,11H,10H2,1-2H3,(H,20,23)(H,21,22). The second kappa shape index (κ2) is 6.05. The lowest BCUT2D eigenvalue weighted by atomic mass is 9.84. The minimum Gasteiger partial charge on any atom is -0.358 e. The van der Waals surface area contributed by atoms with Crippen molar-refractivity contribution in [2.24, 2.45) is 0 Å². The van der Waals surface area contributed by atoms with Crippen LogP contribution in [0.5, 0.6) is 0 Å². The van der Waals surface area contributed by atoms with Crippen molar-refractivity contribution in [2.45, 2.75) is 19.3 Å². The third kappa shape index (κ3) is 3.22. The summed E-state index contributed by atoms with van der Waals surface area (Å²) in [7, 11) is 0. The van der Waals surface area contributed by atoms with Crippen molar-refractivity contribution in [1.29, 1.82) is 0 Å². The van der Waals surface area contributed by atoms with Crippen LogP contribution in [0.3, 0.4) is 0 Å².